The molecule has 0 heterocycles. The van der Waals surface area contributed by atoms with E-state index in [0.29, 0.717) is 17.6 Å². The molecule has 0 fully saturated rings. The van der Waals surface area contributed by atoms with Crippen molar-refractivity contribution in [2.45, 2.75) is 65.2 Å². The van der Waals surface area contributed by atoms with Crippen molar-refractivity contribution >= 4 is 0 Å². The Morgan fingerprint density at radius 3 is 2.68 bits per heavy atom. The summed E-state index contributed by atoms with van der Waals surface area (Å²) in [6, 6.07) is 4.09. The van der Waals surface area contributed by atoms with E-state index < -0.39 is 0 Å². The van der Waals surface area contributed by atoms with Crippen LogP contribution < -0.4 is 0 Å². The van der Waals surface area contributed by atoms with Gasteiger partial charge in [-0.05, 0) is 81.4 Å². The molecule has 3 atom stereocenters. The molecule has 2 nitrogen and oxygen atoms in total. The van der Waals surface area contributed by atoms with Gasteiger partial charge in [0.2, 0.25) is 0 Å². The zero-order chi connectivity index (χ0) is 16.3. The molecule has 1 aliphatic carbocycles. The monoisotopic (exact) mass is 302 g/mol. The lowest BCUT2D eigenvalue weighted by atomic mass is 9.70. The fraction of sp³-hybridized carbons (Fsp3) is 0.600. The normalized spacial score (nSPS) is 22.0. The minimum atomic E-state index is 0.226. The van der Waals surface area contributed by atoms with E-state index in [1.54, 1.807) is 0 Å². The summed E-state index contributed by atoms with van der Waals surface area (Å²) >= 11 is 0. The quantitative estimate of drug-likeness (QED) is 0.748. The average molecular weight is 302 g/mol. The van der Waals surface area contributed by atoms with Crippen molar-refractivity contribution < 1.29 is 10.2 Å². The van der Waals surface area contributed by atoms with E-state index in [2.05, 4.69) is 32.9 Å². The maximum absolute atomic E-state index is 10.4. The highest BCUT2D eigenvalue weighted by molar-refractivity contribution is 5.48. The average Bonchev–Trinajstić information content (AvgIpc) is 2.43. The van der Waals surface area contributed by atoms with Crippen molar-refractivity contribution in [3.63, 3.8) is 0 Å². The smallest absolute Gasteiger partial charge is 0.119 e. The van der Waals surface area contributed by atoms with Gasteiger partial charge in [-0.2, -0.15) is 0 Å². The topological polar surface area (TPSA) is 40.5 Å². The second-order valence-electron chi connectivity index (χ2n) is 7.17. The SMILES string of the molecule is CC(C)=CCC[C@H](CO)[C@@H]1CC[C@@H](C)c2c(O)cc(C)cc21. The van der Waals surface area contributed by atoms with Gasteiger partial charge in [0.15, 0.2) is 0 Å². The molecule has 0 saturated carbocycles. The van der Waals surface area contributed by atoms with Gasteiger partial charge in [0.25, 0.3) is 0 Å². The molecule has 2 N–H and O–H groups in total. The summed E-state index contributed by atoms with van der Waals surface area (Å²) < 4.78 is 0. The number of hydrogen-bond donors (Lipinski definition) is 2. The van der Waals surface area contributed by atoms with Crippen LogP contribution in [-0.4, -0.2) is 16.8 Å². The molecular weight excluding hydrogens is 272 g/mol. The molecule has 2 rings (SSSR count). The zero-order valence-electron chi connectivity index (χ0n) is 14.4. The van der Waals surface area contributed by atoms with E-state index in [-0.39, 0.29) is 12.5 Å². The number of phenolic OH excluding ortho intramolecular Hbond substituents is 1. The van der Waals surface area contributed by atoms with Crippen LogP contribution in [0.4, 0.5) is 0 Å². The Morgan fingerprint density at radius 2 is 2.05 bits per heavy atom. The standard InChI is InChI=1S/C20H30O2/c1-13(2)6-5-7-16(12-21)17-9-8-15(4)20-18(17)10-14(3)11-19(20)22/h6,10-11,15-17,21-22H,5,7-9,12H2,1-4H3/t15-,16-,17+/m1/s1. The Morgan fingerprint density at radius 1 is 1.32 bits per heavy atom. The summed E-state index contributed by atoms with van der Waals surface area (Å²) in [4.78, 5) is 0. The Balaban J connectivity index is 2.29. The fourth-order valence-corrected chi connectivity index (χ4v) is 3.87. The van der Waals surface area contributed by atoms with Gasteiger partial charge in [-0.3, -0.25) is 0 Å². The van der Waals surface area contributed by atoms with Crippen molar-refractivity contribution in [2.75, 3.05) is 6.61 Å². The number of hydrogen-bond acceptors (Lipinski definition) is 2. The number of benzene rings is 1. The second kappa shape index (κ2) is 7.32. The first-order chi connectivity index (χ1) is 10.4. The van der Waals surface area contributed by atoms with Crippen LogP contribution in [0.1, 0.15) is 75.0 Å². The Kier molecular flexibility index (Phi) is 5.69. The number of aliphatic hydroxyl groups is 1. The van der Waals surface area contributed by atoms with Crippen LogP contribution in [-0.2, 0) is 0 Å². The molecule has 1 aromatic rings. The van der Waals surface area contributed by atoms with Gasteiger partial charge in [0.05, 0.1) is 0 Å². The third kappa shape index (κ3) is 3.73. The third-order valence-corrected chi connectivity index (χ3v) is 5.03. The van der Waals surface area contributed by atoms with E-state index in [1.165, 1.54) is 11.1 Å². The Hall–Kier alpha value is -1.28. The molecule has 0 aromatic heterocycles. The van der Waals surface area contributed by atoms with Crippen LogP contribution in [0.5, 0.6) is 5.75 Å². The predicted molar refractivity (Wildman–Crippen MR) is 92.5 cm³/mol. The number of fused-ring (bicyclic) bond motifs is 1. The highest BCUT2D eigenvalue weighted by atomic mass is 16.3. The summed E-state index contributed by atoms with van der Waals surface area (Å²) in [6.45, 7) is 8.69. The predicted octanol–water partition coefficient (Wildman–Crippen LogP) is 5.04. The Labute approximate surface area is 134 Å². The highest BCUT2D eigenvalue weighted by Gasteiger charge is 2.32. The van der Waals surface area contributed by atoms with E-state index in [1.807, 2.05) is 13.0 Å². The van der Waals surface area contributed by atoms with E-state index in [9.17, 15) is 10.2 Å². The molecule has 0 aliphatic heterocycles. The first-order valence-electron chi connectivity index (χ1n) is 8.51. The molecule has 1 aliphatic rings. The molecule has 0 saturated heterocycles. The molecule has 0 amide bonds. The van der Waals surface area contributed by atoms with Crippen LogP contribution in [0, 0.1) is 12.8 Å². The maximum atomic E-state index is 10.4. The molecule has 22 heavy (non-hydrogen) atoms. The first-order valence-corrected chi connectivity index (χ1v) is 8.51. The van der Waals surface area contributed by atoms with Gasteiger partial charge < -0.3 is 10.2 Å². The van der Waals surface area contributed by atoms with Crippen LogP contribution in [0.15, 0.2) is 23.8 Å². The van der Waals surface area contributed by atoms with Crippen LogP contribution in [0.2, 0.25) is 0 Å². The van der Waals surface area contributed by atoms with Gasteiger partial charge in [0, 0.05) is 12.2 Å². The van der Waals surface area contributed by atoms with Crippen molar-refractivity contribution in [1.82, 2.24) is 0 Å². The van der Waals surface area contributed by atoms with Gasteiger partial charge in [0.1, 0.15) is 5.75 Å². The highest BCUT2D eigenvalue weighted by Crippen LogP contribution is 2.47. The summed E-state index contributed by atoms with van der Waals surface area (Å²) in [5.74, 6) is 1.49. The maximum Gasteiger partial charge on any atom is 0.119 e. The lowest BCUT2D eigenvalue weighted by Gasteiger charge is -2.35. The van der Waals surface area contributed by atoms with Crippen LogP contribution >= 0.6 is 0 Å². The summed E-state index contributed by atoms with van der Waals surface area (Å²) in [6.07, 6.45) is 6.48. The second-order valence-corrected chi connectivity index (χ2v) is 7.17. The van der Waals surface area contributed by atoms with Crippen molar-refractivity contribution in [3.05, 3.63) is 40.5 Å². The number of allylic oxidation sites excluding steroid dienone is 2. The van der Waals surface area contributed by atoms with Crippen molar-refractivity contribution in [2.24, 2.45) is 5.92 Å². The summed E-state index contributed by atoms with van der Waals surface area (Å²) in [7, 11) is 0. The Bertz CT molecular complexity index is 541. The van der Waals surface area contributed by atoms with Gasteiger partial charge in [-0.1, -0.05) is 24.6 Å². The number of rotatable bonds is 5. The van der Waals surface area contributed by atoms with E-state index in [4.69, 9.17) is 0 Å². The number of aryl methyl sites for hydroxylation is 1. The molecule has 122 valence electrons. The van der Waals surface area contributed by atoms with Crippen molar-refractivity contribution in [3.8, 4) is 5.75 Å². The van der Waals surface area contributed by atoms with Gasteiger partial charge in [-0.15, -0.1) is 0 Å². The lowest BCUT2D eigenvalue weighted by molar-refractivity contribution is 0.185. The summed E-state index contributed by atoms with van der Waals surface area (Å²) in [5.41, 5.74) is 4.83. The largest absolute Gasteiger partial charge is 0.508 e. The fourth-order valence-electron chi connectivity index (χ4n) is 3.87. The molecular formula is C20H30O2. The summed E-state index contributed by atoms with van der Waals surface area (Å²) in [5, 5.41) is 20.2. The molecule has 0 unspecified atom stereocenters. The van der Waals surface area contributed by atoms with E-state index >= 15 is 0 Å². The van der Waals surface area contributed by atoms with Gasteiger partial charge in [-0.25, -0.2) is 0 Å². The molecule has 1 aromatic carbocycles. The molecule has 2 heteroatoms. The van der Waals surface area contributed by atoms with E-state index in [0.717, 1.165) is 36.8 Å². The molecule has 0 bridgehead atoms. The number of aromatic hydroxyl groups is 1. The minimum absolute atomic E-state index is 0.226. The number of phenols is 1. The molecule has 0 radical (unpaired) electrons. The van der Waals surface area contributed by atoms with Crippen molar-refractivity contribution in [1.29, 1.82) is 0 Å². The lowest BCUT2D eigenvalue weighted by Crippen LogP contribution is -2.23. The third-order valence-electron chi connectivity index (χ3n) is 5.03. The number of aliphatic hydroxyl groups excluding tert-OH is 1. The van der Waals surface area contributed by atoms with Crippen LogP contribution in [0.3, 0.4) is 0 Å². The van der Waals surface area contributed by atoms with Crippen LogP contribution in [0.25, 0.3) is 0 Å². The zero-order valence-corrected chi connectivity index (χ0v) is 14.4. The minimum Gasteiger partial charge on any atom is -0.508 e. The van der Waals surface area contributed by atoms with Gasteiger partial charge >= 0.3 is 0 Å². The molecule has 0 spiro atoms. The first kappa shape index (κ1) is 17.1.